The zero-order valence-electron chi connectivity index (χ0n) is 15.0. The Hall–Kier alpha value is -2.40. The summed E-state index contributed by atoms with van der Waals surface area (Å²) < 4.78 is 53.7. The van der Waals surface area contributed by atoms with Gasteiger partial charge in [0.15, 0.2) is 5.75 Å². The highest BCUT2D eigenvalue weighted by Crippen LogP contribution is 2.38. The number of sulfonamides is 1. The number of carbonyl (C=O) groups is 1. The van der Waals surface area contributed by atoms with Gasteiger partial charge in [0.25, 0.3) is 21.9 Å². The van der Waals surface area contributed by atoms with E-state index in [-0.39, 0.29) is 11.3 Å². The Morgan fingerprint density at radius 2 is 1.86 bits per heavy atom. The third kappa shape index (κ3) is 4.61. The monoisotopic (exact) mass is 490 g/mol. The van der Waals surface area contributed by atoms with E-state index < -0.39 is 57.1 Å². The van der Waals surface area contributed by atoms with Crippen LogP contribution in [0.3, 0.4) is 0 Å². The van der Waals surface area contributed by atoms with Crippen LogP contribution in [0.25, 0.3) is 0 Å². The lowest BCUT2D eigenvalue weighted by Crippen LogP contribution is -2.50. The van der Waals surface area contributed by atoms with E-state index in [0.717, 1.165) is 0 Å². The molecule has 1 aliphatic carbocycles. The van der Waals surface area contributed by atoms with E-state index in [1.165, 1.54) is 30.3 Å². The lowest BCUT2D eigenvalue weighted by molar-refractivity contribution is -0.0901. The van der Waals surface area contributed by atoms with Gasteiger partial charge in [-0.05, 0) is 42.8 Å². The van der Waals surface area contributed by atoms with Gasteiger partial charge in [0.1, 0.15) is 10.6 Å². The van der Waals surface area contributed by atoms with Gasteiger partial charge in [-0.3, -0.25) is 9.52 Å². The standard InChI is InChI=1S/C18H17BrF2N2O5S/c1-9-4-12(17(26)22-11-7-18(20,21)8-11)16(25)13(5-9)23-29(27,28)15-6-10(19)2-3-14(15)24/h2-6,11,23-25H,7-8H2,1H3,(H,22,26). The summed E-state index contributed by atoms with van der Waals surface area (Å²) in [4.78, 5) is 11.9. The van der Waals surface area contributed by atoms with Crippen LogP contribution < -0.4 is 10.0 Å². The van der Waals surface area contributed by atoms with Crippen molar-refractivity contribution < 1.29 is 32.2 Å². The minimum atomic E-state index is -4.30. The number of alkyl halides is 2. The van der Waals surface area contributed by atoms with Gasteiger partial charge in [0.2, 0.25) is 0 Å². The van der Waals surface area contributed by atoms with Gasteiger partial charge >= 0.3 is 0 Å². The minimum absolute atomic E-state index is 0.253. The first-order chi connectivity index (χ1) is 13.4. The Balaban J connectivity index is 1.89. The molecule has 156 valence electrons. The molecule has 3 rings (SSSR count). The van der Waals surface area contributed by atoms with Gasteiger partial charge in [-0.15, -0.1) is 0 Å². The molecule has 1 fully saturated rings. The largest absolute Gasteiger partial charge is 0.507 e. The number of nitrogens with one attached hydrogen (secondary N) is 2. The molecule has 1 aliphatic rings. The molecule has 0 saturated heterocycles. The van der Waals surface area contributed by atoms with Gasteiger partial charge in [-0.25, -0.2) is 17.2 Å². The Labute approximate surface area is 173 Å². The van der Waals surface area contributed by atoms with Crippen molar-refractivity contribution in [2.24, 2.45) is 0 Å². The van der Waals surface area contributed by atoms with Crippen molar-refractivity contribution in [1.82, 2.24) is 5.32 Å². The molecule has 2 aromatic rings. The Morgan fingerprint density at radius 3 is 2.48 bits per heavy atom. The van der Waals surface area contributed by atoms with Crippen molar-refractivity contribution in [3.05, 3.63) is 45.9 Å². The summed E-state index contributed by atoms with van der Waals surface area (Å²) in [5.41, 5.74) is -0.0899. The lowest BCUT2D eigenvalue weighted by Gasteiger charge is -2.35. The summed E-state index contributed by atoms with van der Waals surface area (Å²) in [7, 11) is -4.30. The second kappa shape index (κ2) is 7.45. The van der Waals surface area contributed by atoms with E-state index in [4.69, 9.17) is 0 Å². The SMILES string of the molecule is Cc1cc(NS(=O)(=O)c2cc(Br)ccc2O)c(O)c(C(=O)NC2CC(F)(F)C2)c1. The third-order valence-corrected chi connectivity index (χ3v) is 6.27. The maximum absolute atomic E-state index is 13.0. The van der Waals surface area contributed by atoms with E-state index in [1.807, 2.05) is 0 Å². The summed E-state index contributed by atoms with van der Waals surface area (Å²) in [6.45, 7) is 1.57. The smallest absolute Gasteiger partial charge is 0.265 e. The molecule has 0 unspecified atom stereocenters. The van der Waals surface area contributed by atoms with Crippen LogP contribution in [0.5, 0.6) is 11.5 Å². The number of benzene rings is 2. The number of halogens is 3. The molecule has 0 spiro atoms. The Bertz CT molecular complexity index is 1080. The van der Waals surface area contributed by atoms with Crippen molar-refractivity contribution in [3.8, 4) is 11.5 Å². The van der Waals surface area contributed by atoms with Crippen molar-refractivity contribution >= 4 is 37.5 Å². The highest BCUT2D eigenvalue weighted by molar-refractivity contribution is 9.10. The zero-order valence-corrected chi connectivity index (χ0v) is 17.4. The molecule has 0 radical (unpaired) electrons. The van der Waals surface area contributed by atoms with Gasteiger partial charge in [0.05, 0.1) is 11.3 Å². The fourth-order valence-corrected chi connectivity index (χ4v) is 4.65. The molecule has 1 amide bonds. The molecular weight excluding hydrogens is 474 g/mol. The van der Waals surface area contributed by atoms with Gasteiger partial charge in [-0.2, -0.15) is 0 Å². The van der Waals surface area contributed by atoms with Crippen LogP contribution in [-0.4, -0.2) is 36.5 Å². The molecule has 0 heterocycles. The lowest BCUT2D eigenvalue weighted by atomic mass is 9.88. The average molecular weight is 491 g/mol. The van der Waals surface area contributed by atoms with E-state index in [0.29, 0.717) is 10.0 Å². The van der Waals surface area contributed by atoms with E-state index in [9.17, 15) is 32.2 Å². The number of anilines is 1. The number of rotatable bonds is 5. The van der Waals surface area contributed by atoms with Crippen LogP contribution in [0, 0.1) is 6.92 Å². The van der Waals surface area contributed by atoms with Gasteiger partial charge in [-0.1, -0.05) is 15.9 Å². The van der Waals surface area contributed by atoms with Crippen molar-refractivity contribution in [2.75, 3.05) is 4.72 Å². The van der Waals surface area contributed by atoms with Crippen LogP contribution >= 0.6 is 15.9 Å². The van der Waals surface area contributed by atoms with Crippen molar-refractivity contribution in [2.45, 2.75) is 36.6 Å². The molecule has 0 bridgehead atoms. The summed E-state index contributed by atoms with van der Waals surface area (Å²) in [5, 5.41) is 22.7. The van der Waals surface area contributed by atoms with Crippen LogP contribution in [0.1, 0.15) is 28.8 Å². The first-order valence-electron chi connectivity index (χ1n) is 8.41. The molecular formula is C18H17BrF2N2O5S. The molecule has 0 aliphatic heterocycles. The number of phenolic OH excluding ortho intramolecular Hbond substituents is 2. The maximum atomic E-state index is 13.0. The Kier molecular flexibility index (Phi) is 5.48. The topological polar surface area (TPSA) is 116 Å². The summed E-state index contributed by atoms with van der Waals surface area (Å²) in [6, 6.07) is 5.70. The number of hydrogen-bond donors (Lipinski definition) is 4. The quantitative estimate of drug-likeness (QED) is 0.478. The number of phenols is 2. The van der Waals surface area contributed by atoms with Crippen LogP contribution in [0.15, 0.2) is 39.7 Å². The van der Waals surface area contributed by atoms with E-state index in [2.05, 4.69) is 26.0 Å². The zero-order chi connectivity index (χ0) is 21.6. The molecule has 0 atom stereocenters. The fourth-order valence-electron chi connectivity index (χ4n) is 2.96. The molecule has 7 nitrogen and oxygen atoms in total. The molecule has 11 heteroatoms. The fraction of sp³-hybridized carbons (Fsp3) is 0.278. The first kappa shape index (κ1) is 21.3. The number of carbonyl (C=O) groups excluding carboxylic acids is 1. The molecule has 4 N–H and O–H groups in total. The normalized spacial score (nSPS) is 16.1. The maximum Gasteiger partial charge on any atom is 0.265 e. The number of hydrogen-bond acceptors (Lipinski definition) is 5. The van der Waals surface area contributed by atoms with Gasteiger partial charge < -0.3 is 15.5 Å². The van der Waals surface area contributed by atoms with Crippen LogP contribution in [0.2, 0.25) is 0 Å². The number of aromatic hydroxyl groups is 2. The number of aryl methyl sites for hydroxylation is 1. The predicted molar refractivity (Wildman–Crippen MR) is 105 cm³/mol. The van der Waals surface area contributed by atoms with E-state index in [1.54, 1.807) is 6.92 Å². The summed E-state index contributed by atoms with van der Waals surface area (Å²) in [5.74, 6) is -4.77. The summed E-state index contributed by atoms with van der Waals surface area (Å²) >= 11 is 3.12. The third-order valence-electron chi connectivity index (χ3n) is 4.38. The van der Waals surface area contributed by atoms with Crippen LogP contribution in [-0.2, 0) is 10.0 Å². The number of amides is 1. The second-order valence-electron chi connectivity index (χ2n) is 6.86. The highest BCUT2D eigenvalue weighted by Gasteiger charge is 2.46. The molecule has 29 heavy (non-hydrogen) atoms. The Morgan fingerprint density at radius 1 is 1.21 bits per heavy atom. The van der Waals surface area contributed by atoms with Gasteiger partial charge in [0, 0.05) is 23.4 Å². The summed E-state index contributed by atoms with van der Waals surface area (Å²) in [6.07, 6.45) is -0.986. The van der Waals surface area contributed by atoms with Crippen molar-refractivity contribution in [1.29, 1.82) is 0 Å². The van der Waals surface area contributed by atoms with Crippen LogP contribution in [0.4, 0.5) is 14.5 Å². The van der Waals surface area contributed by atoms with E-state index >= 15 is 0 Å². The predicted octanol–water partition coefficient (Wildman–Crippen LogP) is 3.50. The first-order valence-corrected chi connectivity index (χ1v) is 10.7. The minimum Gasteiger partial charge on any atom is -0.507 e. The average Bonchev–Trinajstić information content (AvgIpc) is 2.57. The molecule has 2 aromatic carbocycles. The van der Waals surface area contributed by atoms with Crippen molar-refractivity contribution in [3.63, 3.8) is 0 Å². The molecule has 0 aromatic heterocycles. The second-order valence-corrected chi connectivity index (χ2v) is 9.43. The highest BCUT2D eigenvalue weighted by atomic mass is 79.9. The molecule has 1 saturated carbocycles.